The number of carbonyl (C=O) groups excluding carboxylic acids is 2. The Hall–Kier alpha value is -6.72. The minimum atomic E-state index is -3.84. The predicted molar refractivity (Wildman–Crippen MR) is 300 cm³/mol. The molecule has 0 atom stereocenters. The molecule has 0 radical (unpaired) electrons. The van der Waals surface area contributed by atoms with Crippen molar-refractivity contribution in [2.45, 2.75) is 103 Å². The van der Waals surface area contributed by atoms with Gasteiger partial charge in [-0.05, 0) is 50.9 Å². The van der Waals surface area contributed by atoms with Crippen LogP contribution in [0.2, 0.25) is 0 Å². The Kier molecular flexibility index (Phi) is 20.3. The summed E-state index contributed by atoms with van der Waals surface area (Å²) in [6, 6.07) is 2.94. The molecule has 6 aromatic heterocycles. The smallest absolute Gasteiger partial charge is 0.326 e. The maximum atomic E-state index is 13.6. The SMILES string of the molecule is CCCCOc1ncc(S(=O)(=O)N2CCN(CC)CC2)cc1-c1nc2c(CC)[nH][n+](CC(=O)N(C)C)c2c(=O)[nH]1.CCCCOc1ncc(S(=O)(=O)N2CCN(CC)CC2)cc1-c1nc2c(CC)n(CC(=O)N(C)C)nc2c(=O)[nH]1. The summed E-state index contributed by atoms with van der Waals surface area (Å²) in [5.74, 6) is 0.274. The van der Waals surface area contributed by atoms with Crippen LogP contribution < -0.4 is 25.3 Å². The van der Waals surface area contributed by atoms with E-state index in [0.717, 1.165) is 38.8 Å². The highest BCUT2D eigenvalue weighted by atomic mass is 32.2. The summed E-state index contributed by atoms with van der Waals surface area (Å²) in [6.07, 6.45) is 6.97. The first-order chi connectivity index (χ1) is 38.2. The van der Waals surface area contributed by atoms with Gasteiger partial charge in [-0.2, -0.15) is 18.8 Å². The number of aromatic amines is 3. The molecule has 3 N–H and O–H groups in total. The number of likely N-dealkylation sites (N-methyl/N-ethyl adjacent to an activating group) is 4. The van der Waals surface area contributed by atoms with Crippen LogP contribution in [0.1, 0.15) is 78.6 Å². The zero-order valence-corrected chi connectivity index (χ0v) is 49.3. The third-order valence-corrected chi connectivity index (χ3v) is 17.9. The van der Waals surface area contributed by atoms with Crippen LogP contribution in [-0.4, -0.2) is 208 Å². The number of nitrogens with one attached hydrogen (secondary N) is 3. The molecule has 80 heavy (non-hydrogen) atoms. The quantitative estimate of drug-likeness (QED) is 0.0648. The van der Waals surface area contributed by atoms with Crippen LogP contribution in [0.3, 0.4) is 0 Å². The van der Waals surface area contributed by atoms with Crippen molar-refractivity contribution >= 4 is 53.9 Å². The molecule has 0 unspecified atom stereocenters. The molecule has 2 aliphatic heterocycles. The summed E-state index contributed by atoms with van der Waals surface area (Å²) in [4.78, 5) is 82.3. The van der Waals surface area contributed by atoms with Gasteiger partial charge in [-0.1, -0.05) is 59.1 Å². The molecule has 0 saturated carbocycles. The molecule has 2 saturated heterocycles. The van der Waals surface area contributed by atoms with E-state index in [9.17, 15) is 36.0 Å². The van der Waals surface area contributed by atoms with Gasteiger partial charge in [0.25, 0.3) is 18.0 Å². The summed E-state index contributed by atoms with van der Waals surface area (Å²) >= 11 is 0. The number of nitrogens with zero attached hydrogens (tertiary/aromatic N) is 13. The second kappa shape index (κ2) is 26.7. The summed E-state index contributed by atoms with van der Waals surface area (Å²) < 4.78 is 72.0. The average Bonchev–Trinajstić information content (AvgIpc) is 4.03. The van der Waals surface area contributed by atoms with E-state index < -0.39 is 31.2 Å². The first-order valence-electron chi connectivity index (χ1n) is 27.4. The van der Waals surface area contributed by atoms with Crippen LogP contribution in [0.25, 0.3) is 44.8 Å². The number of sulfonamides is 2. The van der Waals surface area contributed by atoms with Crippen molar-refractivity contribution in [3.63, 3.8) is 0 Å². The van der Waals surface area contributed by atoms with Crippen molar-refractivity contribution in [3.8, 4) is 34.5 Å². The van der Waals surface area contributed by atoms with Crippen molar-refractivity contribution < 1.29 is 40.6 Å². The van der Waals surface area contributed by atoms with Crippen molar-refractivity contribution in [1.82, 2.24) is 73.0 Å². The second-order valence-corrected chi connectivity index (χ2v) is 23.8. The van der Waals surface area contributed by atoms with Gasteiger partial charge in [-0.15, -0.1) is 0 Å². The van der Waals surface area contributed by atoms with Gasteiger partial charge in [0.15, 0.2) is 11.0 Å². The molecule has 6 aromatic rings. The van der Waals surface area contributed by atoms with Crippen molar-refractivity contribution in [2.75, 3.05) is 107 Å². The lowest BCUT2D eigenvalue weighted by Gasteiger charge is -2.33. The highest BCUT2D eigenvalue weighted by Gasteiger charge is 2.33. The number of hydrogen-bond acceptors (Lipinski definition) is 17. The largest absolute Gasteiger partial charge is 0.477 e. The highest BCUT2D eigenvalue weighted by molar-refractivity contribution is 7.89. The molecule has 8 heterocycles. The number of rotatable bonds is 22. The lowest BCUT2D eigenvalue weighted by Crippen LogP contribution is -2.48. The summed E-state index contributed by atoms with van der Waals surface area (Å²) in [5, 5.41) is 7.49. The van der Waals surface area contributed by atoms with Crippen LogP contribution in [0.15, 0.2) is 43.9 Å². The van der Waals surface area contributed by atoms with Gasteiger partial charge in [0, 0.05) is 80.5 Å². The Morgan fingerprint density at radius 2 is 1.11 bits per heavy atom. The van der Waals surface area contributed by atoms with E-state index in [0.29, 0.717) is 101 Å². The van der Waals surface area contributed by atoms with E-state index >= 15 is 0 Å². The second-order valence-electron chi connectivity index (χ2n) is 19.9. The van der Waals surface area contributed by atoms with Crippen LogP contribution >= 0.6 is 0 Å². The Balaban J connectivity index is 0.000000231. The minimum Gasteiger partial charge on any atom is -0.477 e. The molecule has 28 heteroatoms. The first kappa shape index (κ1) is 60.9. The van der Waals surface area contributed by atoms with Gasteiger partial charge < -0.3 is 39.0 Å². The summed E-state index contributed by atoms with van der Waals surface area (Å²) in [6.45, 7) is 18.5. The van der Waals surface area contributed by atoms with Gasteiger partial charge in [-0.3, -0.25) is 23.9 Å². The summed E-state index contributed by atoms with van der Waals surface area (Å²) in [5.41, 5.74) is 1.95. The number of pyridine rings is 2. The van der Waals surface area contributed by atoms with Crippen LogP contribution in [0.4, 0.5) is 0 Å². The minimum absolute atomic E-state index is 0.000950. The fourth-order valence-electron chi connectivity index (χ4n) is 9.13. The van der Waals surface area contributed by atoms with Gasteiger partial charge in [-0.25, -0.2) is 36.8 Å². The lowest BCUT2D eigenvalue weighted by atomic mass is 10.2. The number of ether oxygens (including phenoxy) is 2. The third kappa shape index (κ3) is 13.5. The molecule has 0 spiro atoms. The van der Waals surface area contributed by atoms with E-state index in [1.807, 2.05) is 27.7 Å². The number of aryl methyl sites for hydroxylation is 2. The Morgan fingerprint density at radius 3 is 1.55 bits per heavy atom. The van der Waals surface area contributed by atoms with Crippen LogP contribution in [0.5, 0.6) is 11.8 Å². The number of unbranched alkanes of at least 4 members (excludes halogenated alkanes) is 2. The Labute approximate surface area is 466 Å². The molecule has 0 bridgehead atoms. The Bertz CT molecular complexity index is 3390. The molecular weight excluding hydrogens is 1070 g/mol. The third-order valence-electron chi connectivity index (χ3n) is 14.2. The molecule has 0 aliphatic carbocycles. The van der Waals surface area contributed by atoms with Gasteiger partial charge in [0.1, 0.15) is 39.2 Å². The Morgan fingerprint density at radius 1 is 0.637 bits per heavy atom. The van der Waals surface area contributed by atoms with Crippen molar-refractivity contribution in [3.05, 3.63) is 56.6 Å². The normalized spacial score (nSPS) is 15.0. The molecule has 26 nitrogen and oxygen atoms in total. The standard InChI is InChI=1S/2C26H38N8O5S/c1-6-9-14-39-26-19(15-18(16-27-26)40(37,38)33-12-10-32(8-3)11-13-33)24-28-22-20(7-2)34(17-21(35)31(4)5)30-23(22)25(36)29-24;1-6-9-14-39-26-19(15-18(16-27-26)40(37,38)33-12-10-32(8-3)11-13-33)24-28-22-20(7-2)30-34(17-21(35)31(4)5)23(22)25(36)29-24/h2*15-16H,6-14,17H2,1-5H3,(H,28,29,36)/p+1. The van der Waals surface area contributed by atoms with Crippen molar-refractivity contribution in [1.29, 1.82) is 0 Å². The summed E-state index contributed by atoms with van der Waals surface area (Å²) in [7, 11) is -1.08. The maximum Gasteiger partial charge on any atom is 0.326 e. The topological polar surface area (TPSA) is 295 Å². The van der Waals surface area contributed by atoms with E-state index in [2.05, 4.69) is 53.8 Å². The zero-order chi connectivity index (χ0) is 58.1. The number of piperazine rings is 2. The molecular formula is C52H77N16O10S2+. The molecule has 2 aliphatic rings. The molecule has 436 valence electrons. The number of carbonyl (C=O) groups is 2. The van der Waals surface area contributed by atoms with Gasteiger partial charge in [0.2, 0.25) is 37.7 Å². The van der Waals surface area contributed by atoms with Crippen LogP contribution in [0, 0.1) is 0 Å². The molecule has 0 aromatic carbocycles. The fourth-order valence-corrected chi connectivity index (χ4v) is 11.9. The van der Waals surface area contributed by atoms with E-state index in [1.165, 1.54) is 52.3 Å². The van der Waals surface area contributed by atoms with Crippen molar-refractivity contribution in [2.24, 2.45) is 0 Å². The van der Waals surface area contributed by atoms with Gasteiger partial charge >= 0.3 is 11.1 Å². The molecule has 2 fully saturated rings. The number of H-pyrrole nitrogens is 3. The highest BCUT2D eigenvalue weighted by Crippen LogP contribution is 2.32. The van der Waals surface area contributed by atoms with E-state index in [4.69, 9.17) is 19.4 Å². The lowest BCUT2D eigenvalue weighted by molar-refractivity contribution is -0.716. The monoisotopic (exact) mass is 1150 g/mol. The number of aromatic nitrogens is 10. The molecule has 2 amide bonds. The molecule has 8 rings (SSSR count). The maximum absolute atomic E-state index is 13.6. The number of hydrogen-bond donors (Lipinski definition) is 3. The van der Waals surface area contributed by atoms with E-state index in [1.54, 1.807) is 28.2 Å². The number of amides is 2. The van der Waals surface area contributed by atoms with Crippen LogP contribution in [-0.2, 0) is 55.6 Å². The average molecular weight is 1150 g/mol. The number of fused-ring (bicyclic) bond motifs is 2. The first-order valence-corrected chi connectivity index (χ1v) is 30.2. The van der Waals surface area contributed by atoms with Gasteiger partial charge in [0.05, 0.1) is 42.4 Å². The predicted octanol–water partition coefficient (Wildman–Crippen LogP) is 2.09. The zero-order valence-electron chi connectivity index (χ0n) is 47.7. The fraction of sp³-hybridized carbons (Fsp3) is 0.577. The van der Waals surface area contributed by atoms with E-state index in [-0.39, 0.29) is 80.3 Å².